The Kier molecular flexibility index (Phi) is 4.48. The van der Waals surface area contributed by atoms with Crippen molar-refractivity contribution in [3.63, 3.8) is 0 Å². The third-order valence-corrected chi connectivity index (χ3v) is 4.46. The minimum Gasteiger partial charge on any atom is -0.465 e. The van der Waals surface area contributed by atoms with E-state index in [0.29, 0.717) is 17.1 Å². The van der Waals surface area contributed by atoms with Crippen molar-refractivity contribution in [2.24, 2.45) is 0 Å². The first-order chi connectivity index (χ1) is 13.2. The molecule has 1 aliphatic heterocycles. The molecule has 1 aliphatic carbocycles. The summed E-state index contributed by atoms with van der Waals surface area (Å²) in [7, 11) is 0. The number of ether oxygens (including phenoxy) is 1. The second-order valence-electron chi connectivity index (χ2n) is 6.20. The predicted molar refractivity (Wildman–Crippen MR) is 106 cm³/mol. The van der Waals surface area contributed by atoms with Gasteiger partial charge in [0, 0.05) is 28.6 Å². The van der Waals surface area contributed by atoms with Gasteiger partial charge in [-0.25, -0.2) is 0 Å². The lowest BCUT2D eigenvalue weighted by atomic mass is 9.91. The monoisotopic (exact) mass is 358 g/mol. The van der Waals surface area contributed by atoms with Crippen LogP contribution in [0.2, 0.25) is 0 Å². The van der Waals surface area contributed by atoms with E-state index in [4.69, 9.17) is 9.15 Å². The molecule has 0 saturated carbocycles. The van der Waals surface area contributed by atoms with Gasteiger partial charge in [-0.2, -0.15) is 0 Å². The number of benzene rings is 3. The number of rotatable bonds is 4. The van der Waals surface area contributed by atoms with Gasteiger partial charge < -0.3 is 14.3 Å². The highest BCUT2D eigenvalue weighted by atomic mass is 16.5. The van der Waals surface area contributed by atoms with Crippen molar-refractivity contribution in [2.45, 2.75) is 13.5 Å². The van der Waals surface area contributed by atoms with Crippen LogP contribution in [-0.4, -0.2) is 5.11 Å². The molecule has 0 spiro atoms. The van der Waals surface area contributed by atoms with Gasteiger partial charge in [-0.05, 0) is 42.3 Å². The van der Waals surface area contributed by atoms with Crippen molar-refractivity contribution >= 4 is 11.0 Å². The minimum atomic E-state index is -0.117. The van der Waals surface area contributed by atoms with E-state index in [2.05, 4.69) is 0 Å². The molecular formula is C23H18O4. The summed E-state index contributed by atoms with van der Waals surface area (Å²) in [6.07, 6.45) is 3.40. The summed E-state index contributed by atoms with van der Waals surface area (Å²) in [6, 6.07) is 18.1. The molecule has 0 radical (unpaired) electrons. The number of allylic oxidation sites excluding steroid dienone is 1. The first kappa shape index (κ1) is 17.1. The topological polar surface area (TPSA) is 59.7 Å². The maximum Gasteiger partial charge on any atom is 0.182 e. The molecular weight excluding hydrogens is 340 g/mol. The molecule has 0 bridgehead atoms. The summed E-state index contributed by atoms with van der Waals surface area (Å²) in [4.78, 5) is 11.9. The van der Waals surface area contributed by atoms with Crippen LogP contribution in [0.3, 0.4) is 0 Å². The average Bonchev–Trinajstić information content (AvgIpc) is 2.70. The van der Waals surface area contributed by atoms with E-state index in [-0.39, 0.29) is 12.0 Å². The van der Waals surface area contributed by atoms with Crippen LogP contribution < -0.4 is 10.2 Å². The predicted octanol–water partition coefficient (Wildman–Crippen LogP) is 4.97. The van der Waals surface area contributed by atoms with E-state index in [1.165, 1.54) is 12.1 Å². The maximum absolute atomic E-state index is 11.9. The lowest BCUT2D eigenvalue weighted by Crippen LogP contribution is -2.01. The second kappa shape index (κ2) is 7.09. The third kappa shape index (κ3) is 3.11. The largest absolute Gasteiger partial charge is 0.465 e. The Hall–Kier alpha value is -3.37. The summed E-state index contributed by atoms with van der Waals surface area (Å²) in [5.74, 6) is 1.14. The Morgan fingerprint density at radius 1 is 1.04 bits per heavy atom. The van der Waals surface area contributed by atoms with Crippen molar-refractivity contribution in [1.82, 2.24) is 0 Å². The fourth-order valence-electron chi connectivity index (χ4n) is 3.26. The highest BCUT2D eigenvalue weighted by Gasteiger charge is 2.19. The lowest BCUT2D eigenvalue weighted by molar-refractivity contribution is 0.282. The summed E-state index contributed by atoms with van der Waals surface area (Å²) < 4.78 is 11.6. The average molecular weight is 358 g/mol. The van der Waals surface area contributed by atoms with Crippen LogP contribution in [0.1, 0.15) is 12.5 Å². The van der Waals surface area contributed by atoms with Crippen LogP contribution in [0, 0.1) is 0 Å². The van der Waals surface area contributed by atoms with E-state index in [0.717, 1.165) is 27.6 Å². The van der Waals surface area contributed by atoms with Gasteiger partial charge >= 0.3 is 0 Å². The highest BCUT2D eigenvalue weighted by molar-refractivity contribution is 6.02. The van der Waals surface area contributed by atoms with E-state index >= 15 is 0 Å². The summed E-state index contributed by atoms with van der Waals surface area (Å²) in [5, 5.41) is 10.7. The Morgan fingerprint density at radius 3 is 2.70 bits per heavy atom. The Balaban J connectivity index is 2.09. The molecule has 0 unspecified atom stereocenters. The molecule has 4 nitrogen and oxygen atoms in total. The molecule has 1 N–H and O–H groups in total. The Labute approximate surface area is 156 Å². The molecule has 2 aromatic rings. The van der Waals surface area contributed by atoms with Gasteiger partial charge in [-0.15, -0.1) is 0 Å². The van der Waals surface area contributed by atoms with Crippen LogP contribution in [-0.2, 0) is 6.61 Å². The summed E-state index contributed by atoms with van der Waals surface area (Å²) >= 11 is 0. The number of aliphatic hydroxyl groups is 1. The zero-order valence-corrected chi connectivity index (χ0v) is 14.8. The maximum atomic E-state index is 11.9. The summed E-state index contributed by atoms with van der Waals surface area (Å²) in [6.45, 7) is 1.80. The normalized spacial score (nSPS) is 11.5. The second-order valence-corrected chi connectivity index (χ2v) is 6.20. The quantitative estimate of drug-likeness (QED) is 0.413. The fraction of sp³-hybridized carbons (Fsp3) is 0.0870. The molecule has 1 heterocycles. The number of hydrogen-bond donors (Lipinski definition) is 1. The van der Waals surface area contributed by atoms with Gasteiger partial charge in [0.25, 0.3) is 0 Å². The number of hydrogen-bond acceptors (Lipinski definition) is 4. The zero-order valence-electron chi connectivity index (χ0n) is 14.8. The van der Waals surface area contributed by atoms with Crippen LogP contribution in [0.15, 0.2) is 82.2 Å². The number of fused-ring (bicyclic) bond motifs is 2. The number of aliphatic hydroxyl groups excluding tert-OH is 1. The van der Waals surface area contributed by atoms with Gasteiger partial charge in [0.05, 0.1) is 12.9 Å². The van der Waals surface area contributed by atoms with Gasteiger partial charge in [-0.3, -0.25) is 4.79 Å². The van der Waals surface area contributed by atoms with Crippen LogP contribution >= 0.6 is 0 Å². The van der Waals surface area contributed by atoms with Crippen molar-refractivity contribution in [3.05, 3.63) is 88.8 Å². The zero-order chi connectivity index (χ0) is 18.8. The first-order valence-corrected chi connectivity index (χ1v) is 8.69. The van der Waals surface area contributed by atoms with Crippen LogP contribution in [0.4, 0.5) is 0 Å². The van der Waals surface area contributed by atoms with Gasteiger partial charge in [-0.1, -0.05) is 30.3 Å². The Bertz CT molecular complexity index is 1170. The standard InChI is InChI=1S/C23H18O4/c1-2-11-26-17-8-10-20-22(13-17)27-21-12-16(25)7-9-19(21)23(20)18-6-4-3-5-15(18)14-24/h2-13,24H,14H2,1H3/b11-2-. The molecule has 0 saturated heterocycles. The first-order valence-electron chi connectivity index (χ1n) is 8.69. The van der Waals surface area contributed by atoms with E-state index < -0.39 is 0 Å². The molecule has 0 aromatic heterocycles. The van der Waals surface area contributed by atoms with E-state index in [1.807, 2.05) is 43.3 Å². The highest BCUT2D eigenvalue weighted by Crippen LogP contribution is 2.41. The molecule has 4 heteroatoms. The molecule has 0 amide bonds. The smallest absolute Gasteiger partial charge is 0.182 e. The molecule has 2 aliphatic rings. The van der Waals surface area contributed by atoms with Gasteiger partial charge in [0.15, 0.2) is 5.43 Å². The SMILES string of the molecule is C/C=C\Oc1ccc2c(-c3ccccc3CO)c3ccc(=O)cc-3oc2c1. The van der Waals surface area contributed by atoms with E-state index in [1.54, 1.807) is 24.5 Å². The molecule has 0 fully saturated rings. The summed E-state index contributed by atoms with van der Waals surface area (Å²) in [5.41, 5.74) is 3.96. The van der Waals surface area contributed by atoms with Crippen molar-refractivity contribution < 1.29 is 14.3 Å². The van der Waals surface area contributed by atoms with Gasteiger partial charge in [0.1, 0.15) is 17.1 Å². The lowest BCUT2D eigenvalue weighted by Gasteiger charge is -2.17. The third-order valence-electron chi connectivity index (χ3n) is 4.46. The van der Waals surface area contributed by atoms with E-state index in [9.17, 15) is 9.90 Å². The fourth-order valence-corrected chi connectivity index (χ4v) is 3.26. The van der Waals surface area contributed by atoms with Crippen molar-refractivity contribution in [3.8, 4) is 28.2 Å². The van der Waals surface area contributed by atoms with Crippen LogP contribution in [0.5, 0.6) is 5.75 Å². The Morgan fingerprint density at radius 2 is 1.89 bits per heavy atom. The van der Waals surface area contributed by atoms with Crippen molar-refractivity contribution in [1.29, 1.82) is 0 Å². The van der Waals surface area contributed by atoms with Crippen LogP contribution in [0.25, 0.3) is 33.4 Å². The van der Waals surface area contributed by atoms with Crippen molar-refractivity contribution in [2.75, 3.05) is 0 Å². The molecule has 0 atom stereocenters. The molecule has 27 heavy (non-hydrogen) atoms. The van der Waals surface area contributed by atoms with Gasteiger partial charge in [0.2, 0.25) is 0 Å². The molecule has 4 rings (SSSR count). The molecule has 2 aromatic carbocycles. The minimum absolute atomic E-state index is 0.0761. The molecule has 134 valence electrons.